The van der Waals surface area contributed by atoms with Gasteiger partial charge < -0.3 is 19.6 Å². The van der Waals surface area contributed by atoms with E-state index in [1.807, 2.05) is 31.1 Å². The van der Waals surface area contributed by atoms with Crippen molar-refractivity contribution in [2.45, 2.75) is 12.5 Å². The van der Waals surface area contributed by atoms with Crippen LogP contribution in [-0.2, 0) is 9.59 Å². The number of aromatic nitrogens is 1. The van der Waals surface area contributed by atoms with Crippen molar-refractivity contribution in [2.24, 2.45) is 0 Å². The normalized spacial score (nSPS) is 17.9. The molecule has 0 saturated carbocycles. The van der Waals surface area contributed by atoms with Crippen LogP contribution in [0, 0.1) is 0 Å². The SMILES string of the molecule is C=CCOc1ccc([C@H]2/C(=C(\O)c3ccncc3)C(=O)C(=O)N2CCCN(C)C)cc1. The molecule has 7 nitrogen and oxygen atoms in total. The van der Waals surface area contributed by atoms with E-state index in [0.717, 1.165) is 12.1 Å². The number of likely N-dealkylation sites (tertiary alicyclic amines) is 1. The zero-order valence-corrected chi connectivity index (χ0v) is 17.8. The van der Waals surface area contributed by atoms with Crippen LogP contribution >= 0.6 is 0 Å². The molecule has 1 aliphatic heterocycles. The van der Waals surface area contributed by atoms with Gasteiger partial charge in [-0.2, -0.15) is 0 Å². The lowest BCUT2D eigenvalue weighted by Crippen LogP contribution is -2.32. The van der Waals surface area contributed by atoms with Crippen molar-refractivity contribution in [3.05, 3.63) is 78.1 Å². The summed E-state index contributed by atoms with van der Waals surface area (Å²) in [5, 5.41) is 11.0. The van der Waals surface area contributed by atoms with Gasteiger partial charge in [0.1, 0.15) is 18.1 Å². The molecule has 31 heavy (non-hydrogen) atoms. The molecule has 0 spiro atoms. The monoisotopic (exact) mass is 421 g/mol. The van der Waals surface area contributed by atoms with Gasteiger partial charge in [-0.05, 0) is 56.9 Å². The number of Topliss-reactive ketones (excluding diaryl/α,β-unsaturated/α-hetero) is 1. The van der Waals surface area contributed by atoms with E-state index in [4.69, 9.17) is 4.74 Å². The Balaban J connectivity index is 2.02. The summed E-state index contributed by atoms with van der Waals surface area (Å²) in [4.78, 5) is 33.3. The largest absolute Gasteiger partial charge is 0.507 e. The maximum absolute atomic E-state index is 12.9. The number of rotatable bonds is 9. The van der Waals surface area contributed by atoms with Crippen molar-refractivity contribution >= 4 is 17.4 Å². The first-order valence-corrected chi connectivity index (χ1v) is 10.1. The van der Waals surface area contributed by atoms with Gasteiger partial charge in [-0.15, -0.1) is 0 Å². The van der Waals surface area contributed by atoms with Gasteiger partial charge in [-0.3, -0.25) is 14.6 Å². The quantitative estimate of drug-likeness (QED) is 0.290. The molecule has 0 aliphatic carbocycles. The second-order valence-electron chi connectivity index (χ2n) is 7.55. The molecule has 0 bridgehead atoms. The van der Waals surface area contributed by atoms with E-state index < -0.39 is 17.7 Å². The lowest BCUT2D eigenvalue weighted by molar-refractivity contribution is -0.139. The van der Waals surface area contributed by atoms with E-state index >= 15 is 0 Å². The van der Waals surface area contributed by atoms with Gasteiger partial charge in [0.2, 0.25) is 0 Å². The van der Waals surface area contributed by atoms with E-state index in [-0.39, 0.29) is 11.3 Å². The molecule has 1 N–H and O–H groups in total. The Bertz CT molecular complexity index is 968. The minimum absolute atomic E-state index is 0.0841. The average Bonchev–Trinajstić information content (AvgIpc) is 3.03. The standard InChI is InChI=1S/C24H27N3O4/c1-4-16-31-19-8-6-17(7-9-19)21-20(22(28)18-10-12-25-13-11-18)23(29)24(30)27(21)15-5-14-26(2)3/h4,6-13,21,28H,1,5,14-16H2,2-3H3/b22-20+/t21-/m0/s1. The van der Waals surface area contributed by atoms with E-state index in [1.54, 1.807) is 30.3 Å². The van der Waals surface area contributed by atoms with Crippen LogP contribution in [0.15, 0.2) is 67.0 Å². The van der Waals surface area contributed by atoms with Gasteiger partial charge in [0.15, 0.2) is 0 Å². The number of benzene rings is 1. The van der Waals surface area contributed by atoms with Gasteiger partial charge >= 0.3 is 0 Å². The summed E-state index contributed by atoms with van der Waals surface area (Å²) in [6, 6.07) is 9.73. The number of hydrogen-bond acceptors (Lipinski definition) is 6. The zero-order chi connectivity index (χ0) is 22.4. The maximum Gasteiger partial charge on any atom is 0.295 e. The molecule has 7 heteroatoms. The number of pyridine rings is 1. The summed E-state index contributed by atoms with van der Waals surface area (Å²) in [5.41, 5.74) is 1.25. The average molecular weight is 421 g/mol. The predicted octanol–water partition coefficient (Wildman–Crippen LogP) is 3.02. The lowest BCUT2D eigenvalue weighted by Gasteiger charge is -2.26. The Morgan fingerprint density at radius 1 is 1.19 bits per heavy atom. The number of carbonyl (C=O) groups excluding carboxylic acids is 2. The van der Waals surface area contributed by atoms with Gasteiger partial charge in [-0.25, -0.2) is 0 Å². The number of nitrogens with zero attached hydrogens (tertiary/aromatic N) is 3. The van der Waals surface area contributed by atoms with E-state index in [9.17, 15) is 14.7 Å². The number of aliphatic hydroxyl groups is 1. The predicted molar refractivity (Wildman–Crippen MR) is 119 cm³/mol. The molecule has 1 fully saturated rings. The molecule has 1 aliphatic rings. The van der Waals surface area contributed by atoms with Gasteiger partial charge in [-0.1, -0.05) is 24.8 Å². The van der Waals surface area contributed by atoms with Gasteiger partial charge in [0, 0.05) is 24.5 Å². The third-order valence-electron chi connectivity index (χ3n) is 5.06. The first kappa shape index (κ1) is 22.2. The first-order chi connectivity index (χ1) is 14.9. The van der Waals surface area contributed by atoms with Crippen LogP contribution in [0.2, 0.25) is 0 Å². The van der Waals surface area contributed by atoms with Crippen LogP contribution in [0.4, 0.5) is 0 Å². The van der Waals surface area contributed by atoms with Crippen molar-refractivity contribution in [3.63, 3.8) is 0 Å². The lowest BCUT2D eigenvalue weighted by atomic mass is 9.95. The summed E-state index contributed by atoms with van der Waals surface area (Å²) in [6.07, 6.45) is 5.42. The van der Waals surface area contributed by atoms with Crippen LogP contribution in [0.5, 0.6) is 5.75 Å². The number of hydrogen-bond donors (Lipinski definition) is 1. The van der Waals surface area contributed by atoms with Crippen molar-refractivity contribution in [1.29, 1.82) is 0 Å². The second-order valence-corrected chi connectivity index (χ2v) is 7.55. The third kappa shape index (κ3) is 5.00. The topological polar surface area (TPSA) is 83.0 Å². The maximum atomic E-state index is 12.9. The number of ether oxygens (including phenoxy) is 1. The first-order valence-electron chi connectivity index (χ1n) is 10.1. The summed E-state index contributed by atoms with van der Waals surface area (Å²) in [7, 11) is 3.91. The fraction of sp³-hybridized carbons (Fsp3) is 0.292. The van der Waals surface area contributed by atoms with E-state index in [0.29, 0.717) is 30.9 Å². The Labute approximate surface area is 182 Å². The summed E-state index contributed by atoms with van der Waals surface area (Å²) >= 11 is 0. The fourth-order valence-electron chi connectivity index (χ4n) is 3.58. The van der Waals surface area contributed by atoms with Crippen LogP contribution in [0.3, 0.4) is 0 Å². The number of aliphatic hydroxyl groups excluding tert-OH is 1. The Morgan fingerprint density at radius 3 is 2.48 bits per heavy atom. The Hall–Kier alpha value is -3.45. The molecular weight excluding hydrogens is 394 g/mol. The molecule has 3 rings (SSSR count). The molecule has 2 aromatic rings. The fourth-order valence-corrected chi connectivity index (χ4v) is 3.58. The summed E-state index contributed by atoms with van der Waals surface area (Å²) in [5.74, 6) is -0.835. The molecule has 1 saturated heterocycles. The van der Waals surface area contributed by atoms with Gasteiger partial charge in [0.25, 0.3) is 11.7 Å². The van der Waals surface area contributed by atoms with Crippen molar-refractivity contribution in [1.82, 2.24) is 14.8 Å². The molecular formula is C24H27N3O4. The number of ketones is 1. The molecule has 0 unspecified atom stereocenters. The zero-order valence-electron chi connectivity index (χ0n) is 17.8. The molecule has 2 heterocycles. The van der Waals surface area contributed by atoms with Crippen LogP contribution in [0.1, 0.15) is 23.6 Å². The summed E-state index contributed by atoms with van der Waals surface area (Å²) < 4.78 is 5.54. The summed E-state index contributed by atoms with van der Waals surface area (Å²) in [6.45, 7) is 5.18. The van der Waals surface area contributed by atoms with Crippen LogP contribution in [-0.4, -0.2) is 65.4 Å². The molecule has 162 valence electrons. The highest BCUT2D eigenvalue weighted by Gasteiger charge is 2.45. The second kappa shape index (κ2) is 10.0. The smallest absolute Gasteiger partial charge is 0.295 e. The van der Waals surface area contributed by atoms with Crippen molar-refractivity contribution < 1.29 is 19.4 Å². The Kier molecular flexibility index (Phi) is 7.20. The third-order valence-corrected chi connectivity index (χ3v) is 5.06. The number of carbonyl (C=O) groups is 2. The van der Waals surface area contributed by atoms with Crippen LogP contribution in [0.25, 0.3) is 5.76 Å². The highest BCUT2D eigenvalue weighted by atomic mass is 16.5. The molecule has 0 radical (unpaired) electrons. The van der Waals surface area contributed by atoms with Crippen LogP contribution < -0.4 is 4.74 Å². The molecule has 1 aromatic heterocycles. The minimum atomic E-state index is -0.684. The van der Waals surface area contributed by atoms with Crippen molar-refractivity contribution in [3.8, 4) is 5.75 Å². The minimum Gasteiger partial charge on any atom is -0.507 e. The van der Waals surface area contributed by atoms with E-state index in [2.05, 4.69) is 11.6 Å². The molecule has 1 aromatic carbocycles. The molecule has 1 amide bonds. The van der Waals surface area contributed by atoms with Crippen molar-refractivity contribution in [2.75, 3.05) is 33.8 Å². The van der Waals surface area contributed by atoms with Gasteiger partial charge in [0.05, 0.1) is 11.6 Å². The highest BCUT2D eigenvalue weighted by molar-refractivity contribution is 6.46. The Morgan fingerprint density at radius 2 is 1.87 bits per heavy atom. The number of amides is 1. The van der Waals surface area contributed by atoms with E-state index in [1.165, 1.54) is 17.3 Å². The molecule has 1 atom stereocenters. The highest BCUT2D eigenvalue weighted by Crippen LogP contribution is 2.39.